The van der Waals surface area contributed by atoms with Gasteiger partial charge in [-0.1, -0.05) is 20.8 Å². The number of likely N-dealkylation sites (tertiary alicyclic amines) is 1. The Morgan fingerprint density at radius 2 is 1.95 bits per heavy atom. The van der Waals surface area contributed by atoms with Gasteiger partial charge in [-0.2, -0.15) is 5.10 Å². The van der Waals surface area contributed by atoms with Gasteiger partial charge in [-0.3, -0.25) is 9.89 Å². The number of piperidine rings is 1. The van der Waals surface area contributed by atoms with Crippen LogP contribution in [-0.4, -0.2) is 34.1 Å². The summed E-state index contributed by atoms with van der Waals surface area (Å²) < 4.78 is 0. The lowest BCUT2D eigenvalue weighted by molar-refractivity contribution is 0.0604. The normalized spacial score (nSPS) is 17.8. The molecule has 1 aliphatic rings. The number of amides is 1. The van der Waals surface area contributed by atoms with Crippen molar-refractivity contribution in [1.29, 1.82) is 0 Å². The molecule has 0 aliphatic carbocycles. The first-order valence-electron chi connectivity index (χ1n) is 6.90. The van der Waals surface area contributed by atoms with Crippen molar-refractivity contribution in [1.82, 2.24) is 15.1 Å². The first-order valence-corrected chi connectivity index (χ1v) is 6.90. The van der Waals surface area contributed by atoms with Gasteiger partial charge in [0.05, 0.1) is 11.4 Å². The molecule has 0 spiro atoms. The summed E-state index contributed by atoms with van der Waals surface area (Å²) in [6.45, 7) is 10.2. The van der Waals surface area contributed by atoms with Crippen molar-refractivity contribution >= 4 is 11.6 Å². The molecule has 1 fully saturated rings. The second-order valence-corrected chi connectivity index (χ2v) is 6.54. The fourth-order valence-electron chi connectivity index (χ4n) is 2.70. The van der Waals surface area contributed by atoms with E-state index in [0.29, 0.717) is 22.7 Å². The van der Waals surface area contributed by atoms with Crippen molar-refractivity contribution in [2.24, 2.45) is 11.3 Å². The Hall–Kier alpha value is -1.52. The summed E-state index contributed by atoms with van der Waals surface area (Å²) in [6, 6.07) is 0. The molecule has 5 nitrogen and oxygen atoms in total. The highest BCUT2D eigenvalue weighted by Gasteiger charge is 2.31. The number of nitrogen functional groups attached to an aromatic ring is 1. The van der Waals surface area contributed by atoms with E-state index in [1.54, 1.807) is 0 Å². The van der Waals surface area contributed by atoms with Crippen LogP contribution in [0.1, 0.15) is 49.8 Å². The van der Waals surface area contributed by atoms with E-state index in [-0.39, 0.29) is 5.91 Å². The van der Waals surface area contributed by atoms with Crippen LogP contribution < -0.4 is 5.73 Å². The van der Waals surface area contributed by atoms with Gasteiger partial charge in [0.1, 0.15) is 0 Å². The highest BCUT2D eigenvalue weighted by molar-refractivity contribution is 5.97. The summed E-state index contributed by atoms with van der Waals surface area (Å²) in [4.78, 5) is 14.2. The molecule has 1 aromatic heterocycles. The van der Waals surface area contributed by atoms with E-state index in [9.17, 15) is 4.79 Å². The smallest absolute Gasteiger partial charge is 0.276 e. The molecule has 3 N–H and O–H groups in total. The van der Waals surface area contributed by atoms with E-state index >= 15 is 0 Å². The predicted molar refractivity (Wildman–Crippen MR) is 75.8 cm³/mol. The molecule has 1 amide bonds. The number of H-pyrrole nitrogens is 1. The lowest BCUT2D eigenvalue weighted by atomic mass is 9.75. The van der Waals surface area contributed by atoms with E-state index in [1.807, 2.05) is 11.8 Å². The molecule has 106 valence electrons. The number of carbonyl (C=O) groups excluding carboxylic acids is 1. The summed E-state index contributed by atoms with van der Waals surface area (Å²) in [5.74, 6) is 0.629. The van der Waals surface area contributed by atoms with Crippen molar-refractivity contribution in [2.75, 3.05) is 18.8 Å². The van der Waals surface area contributed by atoms with Crippen LogP contribution in [0.25, 0.3) is 0 Å². The zero-order chi connectivity index (χ0) is 14.2. The summed E-state index contributed by atoms with van der Waals surface area (Å²) in [5, 5.41) is 6.78. The number of nitrogens with one attached hydrogen (secondary N) is 1. The molecule has 19 heavy (non-hydrogen) atoms. The molecular weight excluding hydrogens is 240 g/mol. The van der Waals surface area contributed by atoms with Gasteiger partial charge in [-0.25, -0.2) is 0 Å². The van der Waals surface area contributed by atoms with E-state index in [1.165, 1.54) is 0 Å². The minimum atomic E-state index is -0.0470. The molecule has 0 radical (unpaired) electrons. The van der Waals surface area contributed by atoms with Crippen molar-refractivity contribution in [2.45, 2.75) is 40.5 Å². The van der Waals surface area contributed by atoms with Crippen molar-refractivity contribution < 1.29 is 4.79 Å². The summed E-state index contributed by atoms with van der Waals surface area (Å²) in [7, 11) is 0. The van der Waals surface area contributed by atoms with Gasteiger partial charge >= 0.3 is 0 Å². The quantitative estimate of drug-likeness (QED) is 0.816. The predicted octanol–water partition coefficient (Wildman–Crippen LogP) is 2.20. The van der Waals surface area contributed by atoms with Gasteiger partial charge in [0.15, 0.2) is 5.69 Å². The third kappa shape index (κ3) is 2.74. The van der Waals surface area contributed by atoms with Crippen LogP contribution in [0.2, 0.25) is 0 Å². The van der Waals surface area contributed by atoms with Gasteiger partial charge in [-0.15, -0.1) is 0 Å². The van der Waals surface area contributed by atoms with Crippen molar-refractivity contribution in [3.05, 3.63) is 11.4 Å². The Kier molecular flexibility index (Phi) is 3.56. The third-order valence-corrected chi connectivity index (χ3v) is 4.20. The maximum absolute atomic E-state index is 12.4. The topological polar surface area (TPSA) is 75.0 Å². The molecule has 0 bridgehead atoms. The average molecular weight is 264 g/mol. The summed E-state index contributed by atoms with van der Waals surface area (Å²) in [5.41, 5.74) is 7.78. The molecule has 0 atom stereocenters. The first-order chi connectivity index (χ1) is 8.80. The number of aromatic nitrogens is 2. The van der Waals surface area contributed by atoms with E-state index in [2.05, 4.69) is 31.0 Å². The number of rotatable bonds is 1. The Bertz CT molecular complexity index is 464. The number of carbonyl (C=O) groups is 1. The number of aryl methyl sites for hydroxylation is 1. The van der Waals surface area contributed by atoms with Crippen LogP contribution in [0.3, 0.4) is 0 Å². The number of hydrogen-bond donors (Lipinski definition) is 2. The van der Waals surface area contributed by atoms with E-state index < -0.39 is 0 Å². The van der Waals surface area contributed by atoms with Gasteiger partial charge in [-0.05, 0) is 31.1 Å². The first kappa shape index (κ1) is 13.9. The SMILES string of the molecule is Cc1[nH]nc(C(=O)N2CCC(C(C)(C)C)CC2)c1N. The standard InChI is InChI=1S/C14H24N4O/c1-9-11(15)12(17-16-9)13(19)18-7-5-10(6-8-18)14(2,3)4/h10H,5-8,15H2,1-4H3,(H,16,17). The number of anilines is 1. The van der Waals surface area contributed by atoms with Gasteiger partial charge in [0.25, 0.3) is 5.91 Å². The minimum absolute atomic E-state index is 0.0470. The molecule has 0 saturated carbocycles. The second-order valence-electron chi connectivity index (χ2n) is 6.54. The molecule has 0 unspecified atom stereocenters. The van der Waals surface area contributed by atoms with Crippen LogP contribution in [-0.2, 0) is 0 Å². The van der Waals surface area contributed by atoms with Crippen LogP contribution in [0.4, 0.5) is 5.69 Å². The largest absolute Gasteiger partial charge is 0.395 e. The lowest BCUT2D eigenvalue weighted by Crippen LogP contribution is -2.41. The molecule has 1 saturated heterocycles. The summed E-state index contributed by atoms with van der Waals surface area (Å²) >= 11 is 0. The van der Waals surface area contributed by atoms with Crippen LogP contribution >= 0.6 is 0 Å². The Morgan fingerprint density at radius 1 is 1.37 bits per heavy atom. The second kappa shape index (κ2) is 4.87. The zero-order valence-electron chi connectivity index (χ0n) is 12.3. The highest BCUT2D eigenvalue weighted by atomic mass is 16.2. The van der Waals surface area contributed by atoms with E-state index in [4.69, 9.17) is 5.73 Å². The molecule has 1 aromatic rings. The number of nitrogens with two attached hydrogens (primary N) is 1. The van der Waals surface area contributed by atoms with Crippen LogP contribution in [0, 0.1) is 18.3 Å². The summed E-state index contributed by atoms with van der Waals surface area (Å²) in [6.07, 6.45) is 2.11. The Morgan fingerprint density at radius 3 is 2.37 bits per heavy atom. The fraction of sp³-hybridized carbons (Fsp3) is 0.714. The zero-order valence-corrected chi connectivity index (χ0v) is 12.3. The van der Waals surface area contributed by atoms with Gasteiger partial charge in [0.2, 0.25) is 0 Å². The fourth-order valence-corrected chi connectivity index (χ4v) is 2.70. The van der Waals surface area contributed by atoms with Crippen LogP contribution in [0.15, 0.2) is 0 Å². The Balaban J connectivity index is 2.02. The highest BCUT2D eigenvalue weighted by Crippen LogP contribution is 2.34. The number of hydrogen-bond acceptors (Lipinski definition) is 3. The lowest BCUT2D eigenvalue weighted by Gasteiger charge is -2.38. The maximum atomic E-state index is 12.4. The average Bonchev–Trinajstić information content (AvgIpc) is 2.68. The maximum Gasteiger partial charge on any atom is 0.276 e. The molecular formula is C14H24N4O. The van der Waals surface area contributed by atoms with Crippen molar-refractivity contribution in [3.63, 3.8) is 0 Å². The molecule has 1 aliphatic heterocycles. The van der Waals surface area contributed by atoms with Gasteiger partial charge < -0.3 is 10.6 Å². The molecule has 2 heterocycles. The molecule has 2 rings (SSSR count). The van der Waals surface area contributed by atoms with Crippen molar-refractivity contribution in [3.8, 4) is 0 Å². The number of aromatic amines is 1. The minimum Gasteiger partial charge on any atom is -0.395 e. The third-order valence-electron chi connectivity index (χ3n) is 4.20. The molecule has 0 aromatic carbocycles. The Labute approximate surface area is 114 Å². The number of nitrogens with zero attached hydrogens (tertiary/aromatic N) is 2. The monoisotopic (exact) mass is 264 g/mol. The molecule has 5 heteroatoms. The van der Waals surface area contributed by atoms with Crippen LogP contribution in [0.5, 0.6) is 0 Å². The van der Waals surface area contributed by atoms with E-state index in [0.717, 1.165) is 31.6 Å². The van der Waals surface area contributed by atoms with Gasteiger partial charge in [0, 0.05) is 13.1 Å².